The van der Waals surface area contributed by atoms with Crippen LogP contribution in [-0.4, -0.2) is 14.2 Å². The minimum Gasteiger partial charge on any atom is -0.212 e. The zero-order chi connectivity index (χ0) is 9.19. The molecule has 1 aromatic rings. The molecule has 0 aliphatic carbocycles. The smallest absolute Gasteiger partial charge is 0.212 e. The van der Waals surface area contributed by atoms with Gasteiger partial charge in [-0.3, -0.25) is 0 Å². The Kier molecular flexibility index (Phi) is 2.93. The van der Waals surface area contributed by atoms with Crippen molar-refractivity contribution in [3.05, 3.63) is 29.0 Å². The first-order chi connectivity index (χ1) is 5.49. The molecule has 0 aromatic carbocycles. The summed E-state index contributed by atoms with van der Waals surface area (Å²) in [5.41, 5.74) is 0.542. The molecule has 12 heavy (non-hydrogen) atoms. The van der Waals surface area contributed by atoms with Crippen LogP contribution in [0.4, 0.5) is 0 Å². The average Bonchev–Trinajstić information content (AvgIpc) is 2.32. The van der Waals surface area contributed by atoms with Crippen molar-refractivity contribution in [3.8, 4) is 0 Å². The molecule has 0 N–H and O–H groups in total. The van der Waals surface area contributed by atoms with Crippen LogP contribution < -0.4 is 0 Å². The molecule has 0 amide bonds. The quantitative estimate of drug-likeness (QED) is 0.736. The molecule has 0 unspecified atom stereocenters. The average molecular weight is 223 g/mol. The van der Waals surface area contributed by atoms with Gasteiger partial charge in [-0.1, -0.05) is 12.6 Å². The van der Waals surface area contributed by atoms with E-state index in [0.717, 1.165) is 4.88 Å². The molecule has 0 aliphatic rings. The molecule has 1 heterocycles. The third kappa shape index (κ3) is 2.97. The second kappa shape index (κ2) is 3.60. The maximum atomic E-state index is 10.6. The largest absolute Gasteiger partial charge is 0.236 e. The molecule has 0 bridgehead atoms. The molecule has 66 valence electrons. The zero-order valence-electron chi connectivity index (χ0n) is 6.16. The summed E-state index contributed by atoms with van der Waals surface area (Å²) in [7, 11) is 1.59. The highest BCUT2D eigenvalue weighted by Gasteiger charge is 2.09. The molecule has 0 fully saturated rings. The Labute approximate surface area is 79.9 Å². The Morgan fingerprint density at radius 3 is 2.75 bits per heavy atom. The van der Waals surface area contributed by atoms with Crippen LogP contribution in [0.3, 0.4) is 0 Å². The minimum absolute atomic E-state index is 0.185. The van der Waals surface area contributed by atoms with Crippen LogP contribution in [0, 0.1) is 0 Å². The van der Waals surface area contributed by atoms with Crippen LogP contribution >= 0.6 is 22.0 Å². The van der Waals surface area contributed by atoms with Gasteiger partial charge in [0, 0.05) is 15.6 Å². The second-order valence-electron chi connectivity index (χ2n) is 2.26. The molecule has 0 saturated carbocycles. The fraction of sp³-hybridized carbons (Fsp3) is 0.143. The number of thiophene rings is 1. The predicted molar refractivity (Wildman–Crippen MR) is 53.0 cm³/mol. The van der Waals surface area contributed by atoms with Gasteiger partial charge in [-0.05, 0) is 17.0 Å². The van der Waals surface area contributed by atoms with Crippen LogP contribution in [0.2, 0.25) is 0 Å². The Morgan fingerprint density at radius 2 is 2.33 bits per heavy atom. The summed E-state index contributed by atoms with van der Waals surface area (Å²) in [5, 5.41) is 1.86. The van der Waals surface area contributed by atoms with Gasteiger partial charge in [0.15, 0.2) is 0 Å². The van der Waals surface area contributed by atoms with Gasteiger partial charge in [-0.2, -0.15) is 0 Å². The lowest BCUT2D eigenvalue weighted by Gasteiger charge is -1.97. The van der Waals surface area contributed by atoms with E-state index in [1.165, 1.54) is 11.3 Å². The highest BCUT2D eigenvalue weighted by molar-refractivity contribution is 8.14. The minimum atomic E-state index is -3.47. The fourth-order valence-corrected chi connectivity index (χ4v) is 2.52. The molecule has 0 saturated heterocycles. The summed E-state index contributed by atoms with van der Waals surface area (Å²) in [4.78, 5) is 0.860. The maximum Gasteiger partial charge on any atom is 0.236 e. The molecule has 2 nitrogen and oxygen atoms in total. The molecular formula is C7H7ClO2S2. The van der Waals surface area contributed by atoms with Gasteiger partial charge in [0.1, 0.15) is 0 Å². The molecule has 0 radical (unpaired) electrons. The second-order valence-corrected chi connectivity index (χ2v) is 5.99. The molecule has 0 spiro atoms. The number of rotatable bonds is 3. The summed E-state index contributed by atoms with van der Waals surface area (Å²) in [5.74, 6) is -0.185. The van der Waals surface area contributed by atoms with Crippen molar-refractivity contribution in [1.29, 1.82) is 0 Å². The highest BCUT2D eigenvalue weighted by Crippen LogP contribution is 2.20. The van der Waals surface area contributed by atoms with Gasteiger partial charge in [0.05, 0.1) is 5.75 Å². The lowest BCUT2D eigenvalue weighted by atomic mass is 10.3. The van der Waals surface area contributed by atoms with E-state index in [1.807, 2.05) is 17.5 Å². The summed E-state index contributed by atoms with van der Waals surface area (Å²) in [6, 6.07) is 3.65. The van der Waals surface area contributed by atoms with Crippen LogP contribution in [0.1, 0.15) is 4.88 Å². The maximum absolute atomic E-state index is 10.6. The molecule has 1 aromatic heterocycles. The summed E-state index contributed by atoms with van der Waals surface area (Å²) in [6.45, 7) is 3.63. The highest BCUT2D eigenvalue weighted by atomic mass is 35.7. The number of halogens is 1. The summed E-state index contributed by atoms with van der Waals surface area (Å²) in [6.07, 6.45) is 0. The van der Waals surface area contributed by atoms with Gasteiger partial charge in [0.2, 0.25) is 9.05 Å². The van der Waals surface area contributed by atoms with Gasteiger partial charge in [-0.25, -0.2) is 8.42 Å². The number of hydrogen-bond donors (Lipinski definition) is 0. The van der Waals surface area contributed by atoms with E-state index in [-0.39, 0.29) is 5.75 Å². The zero-order valence-corrected chi connectivity index (χ0v) is 8.55. The topological polar surface area (TPSA) is 34.1 Å². The van der Waals surface area contributed by atoms with Crippen molar-refractivity contribution in [1.82, 2.24) is 0 Å². The van der Waals surface area contributed by atoms with Crippen molar-refractivity contribution in [2.24, 2.45) is 0 Å². The lowest BCUT2D eigenvalue weighted by molar-refractivity contribution is 0.612. The predicted octanol–water partition coefficient (Wildman–Crippen LogP) is 2.33. The van der Waals surface area contributed by atoms with Crippen molar-refractivity contribution < 1.29 is 8.42 Å². The van der Waals surface area contributed by atoms with Crippen molar-refractivity contribution >= 4 is 36.6 Å². The third-order valence-corrected chi connectivity index (χ3v) is 3.21. The van der Waals surface area contributed by atoms with E-state index in [4.69, 9.17) is 10.7 Å². The molecule has 1 rings (SSSR count). The Bertz CT molecular complexity index is 364. The Balaban J connectivity index is 2.76. The van der Waals surface area contributed by atoms with E-state index < -0.39 is 9.05 Å². The first kappa shape index (κ1) is 9.77. The van der Waals surface area contributed by atoms with Crippen molar-refractivity contribution in [2.45, 2.75) is 0 Å². The first-order valence-electron chi connectivity index (χ1n) is 3.13. The molecule has 5 heteroatoms. The molecular weight excluding hydrogens is 216 g/mol. The Morgan fingerprint density at radius 1 is 1.67 bits per heavy atom. The summed E-state index contributed by atoms with van der Waals surface area (Å²) >= 11 is 1.45. The van der Waals surface area contributed by atoms with Crippen LogP contribution in [-0.2, 0) is 9.05 Å². The van der Waals surface area contributed by atoms with Gasteiger partial charge in [0.25, 0.3) is 0 Å². The van der Waals surface area contributed by atoms with Crippen LogP contribution in [0.15, 0.2) is 24.1 Å². The van der Waals surface area contributed by atoms with E-state index in [1.54, 1.807) is 0 Å². The van der Waals surface area contributed by atoms with Gasteiger partial charge < -0.3 is 0 Å². The van der Waals surface area contributed by atoms with Crippen LogP contribution in [0.25, 0.3) is 5.57 Å². The summed E-state index contributed by atoms with van der Waals surface area (Å²) < 4.78 is 21.3. The third-order valence-electron chi connectivity index (χ3n) is 1.22. The normalized spacial score (nSPS) is 11.4. The SMILES string of the molecule is C=C(CS(=O)(=O)Cl)c1cccs1. The van der Waals surface area contributed by atoms with Crippen molar-refractivity contribution in [3.63, 3.8) is 0 Å². The Hall–Kier alpha value is -0.320. The lowest BCUT2D eigenvalue weighted by Crippen LogP contribution is -1.97. The van der Waals surface area contributed by atoms with Gasteiger partial charge in [-0.15, -0.1) is 11.3 Å². The molecule has 0 atom stereocenters. The first-order valence-corrected chi connectivity index (χ1v) is 6.49. The van der Waals surface area contributed by atoms with E-state index in [0.29, 0.717) is 5.57 Å². The molecule has 0 aliphatic heterocycles. The van der Waals surface area contributed by atoms with Gasteiger partial charge >= 0.3 is 0 Å². The number of hydrogen-bond acceptors (Lipinski definition) is 3. The van der Waals surface area contributed by atoms with Crippen LogP contribution in [0.5, 0.6) is 0 Å². The standard InChI is InChI=1S/C7H7ClO2S2/c1-6(5-12(8,9)10)7-3-2-4-11-7/h2-4H,1,5H2. The fourth-order valence-electron chi connectivity index (χ4n) is 0.759. The van der Waals surface area contributed by atoms with E-state index in [9.17, 15) is 8.42 Å². The van der Waals surface area contributed by atoms with E-state index in [2.05, 4.69) is 6.58 Å². The van der Waals surface area contributed by atoms with E-state index >= 15 is 0 Å². The van der Waals surface area contributed by atoms with Crippen molar-refractivity contribution in [2.75, 3.05) is 5.75 Å². The monoisotopic (exact) mass is 222 g/mol.